The molecular weight excluding hydrogens is 730 g/mol. The second-order valence-corrected chi connectivity index (χ2v) is 14.6. The summed E-state index contributed by atoms with van der Waals surface area (Å²) in [7, 11) is 1.57. The van der Waals surface area contributed by atoms with Gasteiger partial charge in [0.2, 0.25) is 11.8 Å². The van der Waals surface area contributed by atoms with Gasteiger partial charge in [-0.25, -0.2) is 0 Å². The van der Waals surface area contributed by atoms with Crippen LogP contribution in [-0.4, -0.2) is 64.8 Å². The molecule has 4 aromatic rings. The number of amides is 2. The molecular formula is C39H40F6N6O4. The highest BCUT2D eigenvalue weighted by atomic mass is 19.4. The molecule has 0 aliphatic carbocycles. The Hall–Kier alpha value is -5.12. The van der Waals surface area contributed by atoms with Gasteiger partial charge in [-0.2, -0.15) is 13.2 Å². The van der Waals surface area contributed by atoms with E-state index in [9.17, 15) is 40.7 Å². The molecule has 3 aliphatic rings. The lowest BCUT2D eigenvalue weighted by atomic mass is 9.78. The van der Waals surface area contributed by atoms with E-state index in [1.807, 2.05) is 0 Å². The van der Waals surface area contributed by atoms with E-state index in [-0.39, 0.29) is 42.1 Å². The summed E-state index contributed by atoms with van der Waals surface area (Å²) in [6, 6.07) is 9.54. The van der Waals surface area contributed by atoms with Crippen LogP contribution in [0.15, 0.2) is 65.8 Å². The molecule has 3 aliphatic heterocycles. The lowest BCUT2D eigenvalue weighted by Crippen LogP contribution is -2.47. The van der Waals surface area contributed by atoms with Crippen molar-refractivity contribution in [2.24, 2.45) is 18.9 Å². The number of nitrogens with zero attached hydrogens (tertiary/aromatic N) is 4. The van der Waals surface area contributed by atoms with Crippen LogP contribution < -0.4 is 25.8 Å². The Balaban J connectivity index is 0.984. The number of alkyl halides is 6. The van der Waals surface area contributed by atoms with Crippen LogP contribution in [0.25, 0.3) is 21.9 Å². The Kier molecular flexibility index (Phi) is 10.5. The zero-order valence-electron chi connectivity index (χ0n) is 30.0. The van der Waals surface area contributed by atoms with Gasteiger partial charge in [-0.3, -0.25) is 29.6 Å². The van der Waals surface area contributed by atoms with E-state index in [2.05, 4.69) is 25.3 Å². The van der Waals surface area contributed by atoms with Crippen molar-refractivity contribution in [2.45, 2.75) is 63.7 Å². The molecule has 1 atom stereocenters. The summed E-state index contributed by atoms with van der Waals surface area (Å²) in [5, 5.41) is 5.95. The molecule has 7 rings (SSSR count). The first-order chi connectivity index (χ1) is 26.1. The molecule has 292 valence electrons. The van der Waals surface area contributed by atoms with Gasteiger partial charge >= 0.3 is 12.5 Å². The number of ether oxygens (including phenoxy) is 1. The average molecular weight is 771 g/mol. The molecule has 2 aromatic carbocycles. The number of carbonyl (C=O) groups is 2. The van der Waals surface area contributed by atoms with Crippen molar-refractivity contribution in [3.63, 3.8) is 0 Å². The summed E-state index contributed by atoms with van der Waals surface area (Å²) >= 11 is 0. The monoisotopic (exact) mass is 770 g/mol. The third-order valence-electron chi connectivity index (χ3n) is 11.0. The quantitative estimate of drug-likeness (QED) is 0.148. The van der Waals surface area contributed by atoms with Crippen LogP contribution in [0, 0.1) is 11.8 Å². The fourth-order valence-electron chi connectivity index (χ4n) is 8.21. The maximum absolute atomic E-state index is 14.3. The predicted molar refractivity (Wildman–Crippen MR) is 193 cm³/mol. The molecule has 1 unspecified atom stereocenters. The molecule has 5 heterocycles. The van der Waals surface area contributed by atoms with E-state index < -0.39 is 36.0 Å². The number of benzene rings is 2. The second-order valence-electron chi connectivity index (χ2n) is 14.6. The van der Waals surface area contributed by atoms with E-state index >= 15 is 0 Å². The zero-order valence-corrected chi connectivity index (χ0v) is 30.0. The molecule has 16 heteroatoms. The number of anilines is 2. The van der Waals surface area contributed by atoms with Crippen molar-refractivity contribution < 1.29 is 40.7 Å². The van der Waals surface area contributed by atoms with Crippen molar-refractivity contribution >= 4 is 34.0 Å². The number of hydrogen-bond donors (Lipinski definition) is 2. The van der Waals surface area contributed by atoms with Gasteiger partial charge in [0.05, 0.1) is 10.9 Å². The van der Waals surface area contributed by atoms with E-state index in [1.165, 1.54) is 35.2 Å². The van der Waals surface area contributed by atoms with Crippen LogP contribution in [0.1, 0.15) is 49.7 Å². The van der Waals surface area contributed by atoms with E-state index in [0.717, 1.165) is 18.9 Å². The Morgan fingerprint density at radius 2 is 1.58 bits per heavy atom. The average Bonchev–Trinajstić information content (AvgIpc) is 3.14. The Morgan fingerprint density at radius 1 is 0.873 bits per heavy atom. The fourth-order valence-corrected chi connectivity index (χ4v) is 8.21. The van der Waals surface area contributed by atoms with E-state index in [4.69, 9.17) is 0 Å². The van der Waals surface area contributed by atoms with Gasteiger partial charge in [0.15, 0.2) is 0 Å². The molecule has 2 aromatic heterocycles. The summed E-state index contributed by atoms with van der Waals surface area (Å²) in [5.74, 6) is -0.652. The van der Waals surface area contributed by atoms with Crippen LogP contribution in [0.5, 0.6) is 5.75 Å². The van der Waals surface area contributed by atoms with Gasteiger partial charge in [0.1, 0.15) is 11.8 Å². The first kappa shape index (κ1) is 38.2. The molecule has 0 bridgehead atoms. The number of fused-ring (bicyclic) bond motifs is 1. The lowest BCUT2D eigenvalue weighted by molar-refractivity contribution is -0.275. The number of halogens is 6. The second kappa shape index (κ2) is 15.2. The molecule has 0 spiro atoms. The molecule has 3 saturated heterocycles. The smallest absolute Gasteiger partial charge is 0.405 e. The van der Waals surface area contributed by atoms with Gasteiger partial charge in [-0.15, -0.1) is 13.2 Å². The number of likely N-dealkylation sites (tertiary alicyclic amines) is 1. The van der Waals surface area contributed by atoms with Gasteiger partial charge in [0, 0.05) is 74.2 Å². The van der Waals surface area contributed by atoms with Gasteiger partial charge in [0.25, 0.3) is 5.56 Å². The van der Waals surface area contributed by atoms with Crippen molar-refractivity contribution in [3.8, 4) is 16.9 Å². The molecule has 2 amide bonds. The normalized spacial score (nSPS) is 19.5. The molecule has 10 nitrogen and oxygen atoms in total. The van der Waals surface area contributed by atoms with Crippen molar-refractivity contribution in [2.75, 3.05) is 36.4 Å². The summed E-state index contributed by atoms with van der Waals surface area (Å²) in [6.07, 6.45) is -1.67. The number of piperidine rings is 3. The SMILES string of the molecule is Cn1cc(-c2ccc(CN3CCC(C4CCN(c5ccc(NC6CCC(=O)NC6=O)cc5C(F)(F)F)CC4)CC3)c(OC(F)(F)F)c2)c2ccncc2c1=O. The summed E-state index contributed by atoms with van der Waals surface area (Å²) in [6.45, 7) is 2.43. The van der Waals surface area contributed by atoms with Crippen molar-refractivity contribution in [1.29, 1.82) is 0 Å². The number of nitrogens with one attached hydrogen (secondary N) is 2. The van der Waals surface area contributed by atoms with Crippen LogP contribution in [0.2, 0.25) is 0 Å². The molecule has 2 N–H and O–H groups in total. The molecule has 55 heavy (non-hydrogen) atoms. The largest absolute Gasteiger partial charge is 0.573 e. The van der Waals surface area contributed by atoms with E-state index in [1.54, 1.807) is 36.3 Å². The number of aromatic nitrogens is 2. The highest BCUT2D eigenvalue weighted by Gasteiger charge is 2.38. The Bertz CT molecular complexity index is 2140. The standard InChI is InChI=1S/C39H40F6N6O4/c1-49-22-30(28-8-13-46-20-29(28)37(49)54)25-2-3-26(34(18-25)55-39(43,44)45)21-50-14-9-23(10-15-50)24-11-16-51(17-12-24)33-6-4-27(19-31(33)38(40,41)42)47-32-5-7-35(52)48-36(32)53/h2-4,6,8,13,18-20,22-24,32,47H,5,7,9-12,14-17,21H2,1H3,(H,48,52,53). The maximum Gasteiger partial charge on any atom is 0.573 e. The molecule has 0 saturated carbocycles. The summed E-state index contributed by atoms with van der Waals surface area (Å²) in [5.41, 5.74) is 0.573. The lowest BCUT2D eigenvalue weighted by Gasteiger charge is -2.41. The van der Waals surface area contributed by atoms with Crippen LogP contribution >= 0.6 is 0 Å². The number of pyridine rings is 2. The van der Waals surface area contributed by atoms with Gasteiger partial charge < -0.3 is 19.5 Å². The predicted octanol–water partition coefficient (Wildman–Crippen LogP) is 6.86. The number of hydrogen-bond acceptors (Lipinski definition) is 8. The Morgan fingerprint density at radius 3 is 2.25 bits per heavy atom. The van der Waals surface area contributed by atoms with Gasteiger partial charge in [-0.1, -0.05) is 12.1 Å². The van der Waals surface area contributed by atoms with Crippen LogP contribution in [0.4, 0.5) is 37.7 Å². The summed E-state index contributed by atoms with van der Waals surface area (Å²) < 4.78 is 89.6. The minimum atomic E-state index is -4.92. The van der Waals surface area contributed by atoms with Gasteiger partial charge in [-0.05, 0) is 98.3 Å². The highest BCUT2D eigenvalue weighted by molar-refractivity contribution is 6.01. The number of carbonyl (C=O) groups excluding carboxylic acids is 2. The third-order valence-corrected chi connectivity index (χ3v) is 11.0. The van der Waals surface area contributed by atoms with E-state index in [0.29, 0.717) is 78.3 Å². The highest BCUT2D eigenvalue weighted by Crippen LogP contribution is 2.42. The molecule has 3 fully saturated rings. The number of aryl methyl sites for hydroxylation is 1. The zero-order chi connectivity index (χ0) is 39.1. The topological polar surface area (TPSA) is 109 Å². The van der Waals surface area contributed by atoms with Crippen LogP contribution in [-0.2, 0) is 29.4 Å². The van der Waals surface area contributed by atoms with Crippen molar-refractivity contribution in [1.82, 2.24) is 19.8 Å². The number of rotatable bonds is 8. The number of imide groups is 1. The first-order valence-electron chi connectivity index (χ1n) is 18.2. The molecule has 0 radical (unpaired) electrons. The van der Waals surface area contributed by atoms with Crippen molar-refractivity contribution in [3.05, 3.63) is 82.5 Å². The van der Waals surface area contributed by atoms with Crippen LogP contribution in [0.3, 0.4) is 0 Å². The summed E-state index contributed by atoms with van der Waals surface area (Å²) in [4.78, 5) is 44.1. The third kappa shape index (κ3) is 8.58. The minimum absolute atomic E-state index is 0.0824. The minimum Gasteiger partial charge on any atom is -0.405 e. The first-order valence-corrected chi connectivity index (χ1v) is 18.2. The maximum atomic E-state index is 14.3. The Labute approximate surface area is 312 Å². The fraction of sp³-hybridized carbons (Fsp3) is 0.436.